The van der Waals surface area contributed by atoms with Crippen LogP contribution in [0.25, 0.3) is 22.3 Å². The quantitative estimate of drug-likeness (QED) is 0.514. The number of para-hydroxylation sites is 1. The normalized spacial score (nSPS) is 10.9. The van der Waals surface area contributed by atoms with Crippen LogP contribution >= 0.6 is 0 Å². The second-order valence-electron chi connectivity index (χ2n) is 5.23. The first-order chi connectivity index (χ1) is 12.2. The minimum absolute atomic E-state index is 0.0256. The van der Waals surface area contributed by atoms with Crippen LogP contribution < -0.4 is 10.9 Å². The third-order valence-electron chi connectivity index (χ3n) is 3.61. The van der Waals surface area contributed by atoms with Crippen molar-refractivity contribution >= 4 is 16.8 Å². The molecule has 0 bridgehead atoms. The molecular weight excluding hydrogens is 324 g/mol. The molecule has 1 aromatic carbocycles. The number of carbonyl (C=O) groups excluding carboxylic acids is 1. The van der Waals surface area contributed by atoms with Gasteiger partial charge in [-0.25, -0.2) is 0 Å². The third-order valence-corrected chi connectivity index (χ3v) is 3.61. The fraction of sp³-hybridized carbons (Fsp3) is 0.0625. The fourth-order valence-electron chi connectivity index (χ4n) is 2.41. The van der Waals surface area contributed by atoms with E-state index < -0.39 is 0 Å². The maximum atomic E-state index is 12.3. The summed E-state index contributed by atoms with van der Waals surface area (Å²) >= 11 is 0. The minimum atomic E-state index is -0.366. The molecule has 0 fully saturated rings. The van der Waals surface area contributed by atoms with E-state index in [1.807, 2.05) is 18.2 Å². The van der Waals surface area contributed by atoms with Gasteiger partial charge < -0.3 is 14.8 Å². The Morgan fingerprint density at radius 2 is 2.08 bits per heavy atom. The molecule has 0 unspecified atom stereocenters. The van der Waals surface area contributed by atoms with Gasteiger partial charge in [-0.3, -0.25) is 14.7 Å². The van der Waals surface area contributed by atoms with Gasteiger partial charge in [0.15, 0.2) is 5.69 Å². The number of aromatic nitrogens is 5. The van der Waals surface area contributed by atoms with Crippen LogP contribution in [0.15, 0.2) is 51.9 Å². The molecule has 0 aliphatic rings. The Morgan fingerprint density at radius 1 is 1.20 bits per heavy atom. The van der Waals surface area contributed by atoms with Gasteiger partial charge in [-0.1, -0.05) is 23.4 Å². The van der Waals surface area contributed by atoms with Gasteiger partial charge in [0, 0.05) is 11.6 Å². The summed E-state index contributed by atoms with van der Waals surface area (Å²) in [5.74, 6) is -0.0162. The second-order valence-corrected chi connectivity index (χ2v) is 5.23. The van der Waals surface area contributed by atoms with Crippen LogP contribution in [-0.2, 0) is 6.54 Å². The summed E-state index contributed by atoms with van der Waals surface area (Å²) in [6.07, 6.45) is 1.52. The van der Waals surface area contributed by atoms with Crippen molar-refractivity contribution in [3.8, 4) is 11.4 Å². The standard InChI is InChI=1S/C16H12N6O3/c23-15-10(5-3-7-17-15)14-19-12(25-22-14)8-18-16(24)13-9-4-1-2-6-11(9)20-21-13/h1-7H,8H2,(H,17,23)(H,18,24)(H,20,21). The average Bonchev–Trinajstić information content (AvgIpc) is 3.27. The molecule has 124 valence electrons. The van der Waals surface area contributed by atoms with Crippen LogP contribution in [0.1, 0.15) is 16.4 Å². The smallest absolute Gasteiger partial charge is 0.272 e. The van der Waals surface area contributed by atoms with Crippen molar-refractivity contribution in [3.05, 3.63) is 64.5 Å². The van der Waals surface area contributed by atoms with Crippen molar-refractivity contribution in [1.82, 2.24) is 30.6 Å². The number of hydrogen-bond acceptors (Lipinski definition) is 6. The topological polar surface area (TPSA) is 130 Å². The van der Waals surface area contributed by atoms with Crippen LogP contribution in [0.5, 0.6) is 0 Å². The second kappa shape index (κ2) is 6.04. The molecule has 0 spiro atoms. The van der Waals surface area contributed by atoms with Crippen molar-refractivity contribution in [2.24, 2.45) is 0 Å². The largest absolute Gasteiger partial charge is 0.342 e. The first-order valence-electron chi connectivity index (χ1n) is 7.44. The Morgan fingerprint density at radius 3 is 2.96 bits per heavy atom. The Balaban J connectivity index is 1.50. The zero-order valence-electron chi connectivity index (χ0n) is 12.8. The predicted octanol–water partition coefficient (Wildman–Crippen LogP) is 1.23. The molecular formula is C16H12N6O3. The summed E-state index contributed by atoms with van der Waals surface area (Å²) < 4.78 is 5.07. The average molecular weight is 336 g/mol. The van der Waals surface area contributed by atoms with Crippen molar-refractivity contribution < 1.29 is 9.32 Å². The van der Waals surface area contributed by atoms with E-state index in [9.17, 15) is 9.59 Å². The van der Waals surface area contributed by atoms with E-state index >= 15 is 0 Å². The number of benzene rings is 1. The van der Waals surface area contributed by atoms with E-state index in [1.165, 1.54) is 6.20 Å². The number of rotatable bonds is 4. The molecule has 3 aromatic heterocycles. The molecule has 0 saturated carbocycles. The number of nitrogens with zero attached hydrogens (tertiary/aromatic N) is 3. The number of fused-ring (bicyclic) bond motifs is 1. The van der Waals surface area contributed by atoms with Gasteiger partial charge in [-0.15, -0.1) is 0 Å². The Bertz CT molecular complexity index is 1110. The molecule has 0 aliphatic carbocycles. The van der Waals surface area contributed by atoms with E-state index in [-0.39, 0.29) is 35.4 Å². The molecule has 9 nitrogen and oxygen atoms in total. The van der Waals surface area contributed by atoms with Gasteiger partial charge >= 0.3 is 0 Å². The van der Waals surface area contributed by atoms with Gasteiger partial charge in [0.05, 0.1) is 17.6 Å². The van der Waals surface area contributed by atoms with Crippen molar-refractivity contribution in [2.75, 3.05) is 0 Å². The van der Waals surface area contributed by atoms with Crippen LogP contribution in [0, 0.1) is 0 Å². The summed E-state index contributed by atoms with van der Waals surface area (Å²) in [6.45, 7) is 0.0256. The molecule has 4 rings (SSSR count). The van der Waals surface area contributed by atoms with E-state index in [0.717, 1.165) is 10.9 Å². The number of pyridine rings is 1. The monoisotopic (exact) mass is 336 g/mol. The highest BCUT2D eigenvalue weighted by Crippen LogP contribution is 2.15. The maximum absolute atomic E-state index is 12.3. The van der Waals surface area contributed by atoms with E-state index in [2.05, 4.69) is 30.6 Å². The molecule has 0 radical (unpaired) electrons. The Hall–Kier alpha value is -3.75. The molecule has 0 atom stereocenters. The van der Waals surface area contributed by atoms with E-state index in [4.69, 9.17) is 4.52 Å². The van der Waals surface area contributed by atoms with Crippen molar-refractivity contribution in [1.29, 1.82) is 0 Å². The van der Waals surface area contributed by atoms with Crippen molar-refractivity contribution in [2.45, 2.75) is 6.54 Å². The maximum Gasteiger partial charge on any atom is 0.272 e. The molecule has 0 aliphatic heterocycles. The molecule has 1 amide bonds. The number of H-pyrrole nitrogens is 2. The molecule has 3 N–H and O–H groups in total. The van der Waals surface area contributed by atoms with Crippen LogP contribution in [-0.4, -0.2) is 31.2 Å². The highest BCUT2D eigenvalue weighted by atomic mass is 16.5. The summed E-state index contributed by atoms with van der Waals surface area (Å²) in [6, 6.07) is 10.6. The van der Waals surface area contributed by atoms with Gasteiger partial charge in [-0.2, -0.15) is 10.1 Å². The zero-order valence-corrected chi connectivity index (χ0v) is 12.8. The van der Waals surface area contributed by atoms with Crippen LogP contribution in [0.3, 0.4) is 0 Å². The lowest BCUT2D eigenvalue weighted by molar-refractivity contribution is 0.0943. The SMILES string of the molecule is O=C(NCc1nc(-c2ccc[nH]c2=O)no1)c1n[nH]c2ccccc12. The van der Waals surface area contributed by atoms with Gasteiger partial charge in [0.25, 0.3) is 11.5 Å². The van der Waals surface area contributed by atoms with Gasteiger partial charge in [-0.05, 0) is 18.2 Å². The number of hydrogen-bond donors (Lipinski definition) is 3. The summed E-state index contributed by atoms with van der Waals surface area (Å²) in [7, 11) is 0. The molecule has 25 heavy (non-hydrogen) atoms. The molecule has 9 heteroatoms. The molecule has 3 heterocycles. The van der Waals surface area contributed by atoms with Crippen LogP contribution in [0.2, 0.25) is 0 Å². The van der Waals surface area contributed by atoms with Crippen molar-refractivity contribution in [3.63, 3.8) is 0 Å². The lowest BCUT2D eigenvalue weighted by Crippen LogP contribution is -2.23. The first kappa shape index (κ1) is 14.8. The Kier molecular flexibility index (Phi) is 3.58. The molecule has 4 aromatic rings. The number of amides is 1. The minimum Gasteiger partial charge on any atom is -0.342 e. The zero-order chi connectivity index (χ0) is 17.2. The summed E-state index contributed by atoms with van der Waals surface area (Å²) in [5.41, 5.74) is 1.04. The number of carbonyl (C=O) groups is 1. The predicted molar refractivity (Wildman–Crippen MR) is 87.6 cm³/mol. The molecule has 0 saturated heterocycles. The van der Waals surface area contributed by atoms with Crippen LogP contribution in [0.4, 0.5) is 0 Å². The highest BCUT2D eigenvalue weighted by Gasteiger charge is 2.16. The van der Waals surface area contributed by atoms with E-state index in [1.54, 1.807) is 18.2 Å². The lowest BCUT2D eigenvalue weighted by atomic mass is 10.2. The van der Waals surface area contributed by atoms with E-state index in [0.29, 0.717) is 5.56 Å². The summed E-state index contributed by atoms with van der Waals surface area (Å²) in [4.78, 5) is 30.7. The van der Waals surface area contributed by atoms with Gasteiger partial charge in [0.2, 0.25) is 11.7 Å². The fourth-order valence-corrected chi connectivity index (χ4v) is 2.41. The first-order valence-corrected chi connectivity index (χ1v) is 7.44. The number of nitrogens with one attached hydrogen (secondary N) is 3. The Labute approximate surface area is 140 Å². The lowest BCUT2D eigenvalue weighted by Gasteiger charge is -1.99. The van der Waals surface area contributed by atoms with Gasteiger partial charge in [0.1, 0.15) is 0 Å². The highest BCUT2D eigenvalue weighted by molar-refractivity contribution is 6.04. The third kappa shape index (κ3) is 2.78. The summed E-state index contributed by atoms with van der Waals surface area (Å²) in [5, 5.41) is 14.0. The number of aromatic amines is 2.